The third-order valence-electron chi connectivity index (χ3n) is 5.74. The van der Waals surface area contributed by atoms with Crippen molar-refractivity contribution in [2.75, 3.05) is 45.7 Å². The van der Waals surface area contributed by atoms with Gasteiger partial charge in [-0.3, -0.25) is 0 Å². The maximum absolute atomic E-state index is 14.8. The summed E-state index contributed by atoms with van der Waals surface area (Å²) in [7, 11) is 2.83. The first-order chi connectivity index (χ1) is 16.5. The minimum Gasteiger partial charge on any atom is -0.497 e. The molecule has 1 fully saturated rings. The van der Waals surface area contributed by atoms with Crippen molar-refractivity contribution >= 4 is 29.0 Å². The van der Waals surface area contributed by atoms with Gasteiger partial charge in [-0.2, -0.15) is 5.10 Å². The molecule has 3 aromatic rings. The number of hydrazone groups is 1. The van der Waals surface area contributed by atoms with Crippen LogP contribution in [0.25, 0.3) is 22.4 Å². The lowest BCUT2D eigenvalue weighted by molar-refractivity contribution is 0.171. The summed E-state index contributed by atoms with van der Waals surface area (Å²) in [5.41, 5.74) is 4.42. The van der Waals surface area contributed by atoms with E-state index < -0.39 is 11.9 Å². The van der Waals surface area contributed by atoms with Gasteiger partial charge in [-0.1, -0.05) is 0 Å². The molecule has 180 valence electrons. The molecule has 1 aliphatic heterocycles. The van der Waals surface area contributed by atoms with Gasteiger partial charge in [0.2, 0.25) is 0 Å². The number of aromatic nitrogens is 3. The molecule has 1 aliphatic rings. The first kappa shape index (κ1) is 23.4. The van der Waals surface area contributed by atoms with E-state index in [4.69, 9.17) is 4.74 Å². The molecular weight excluding hydrogens is 441 g/mol. The fourth-order valence-electron chi connectivity index (χ4n) is 3.95. The number of ether oxygens (including phenoxy) is 2. The van der Waals surface area contributed by atoms with Crippen LogP contribution in [0.4, 0.5) is 15.0 Å². The van der Waals surface area contributed by atoms with Gasteiger partial charge in [0, 0.05) is 29.6 Å². The van der Waals surface area contributed by atoms with E-state index in [1.165, 1.54) is 26.2 Å². The number of hydrogen-bond donors (Lipinski definition) is 3. The Kier molecular flexibility index (Phi) is 7.21. The van der Waals surface area contributed by atoms with Crippen molar-refractivity contribution < 1.29 is 18.7 Å². The van der Waals surface area contributed by atoms with Crippen molar-refractivity contribution in [1.82, 2.24) is 25.3 Å². The van der Waals surface area contributed by atoms with E-state index in [9.17, 15) is 9.18 Å². The third-order valence-corrected chi connectivity index (χ3v) is 5.74. The number of methoxy groups -OCH3 is 2. The average molecular weight is 470 g/mol. The van der Waals surface area contributed by atoms with Gasteiger partial charge in [-0.25, -0.2) is 24.6 Å². The van der Waals surface area contributed by atoms with Gasteiger partial charge in [0.1, 0.15) is 5.75 Å². The Morgan fingerprint density at radius 1 is 1.29 bits per heavy atom. The molecule has 1 saturated heterocycles. The number of carbonyl (C=O) groups is 1. The van der Waals surface area contributed by atoms with E-state index >= 15 is 0 Å². The Hall–Kier alpha value is -3.73. The summed E-state index contributed by atoms with van der Waals surface area (Å²) in [5, 5.41) is 7.87. The van der Waals surface area contributed by atoms with Crippen LogP contribution in [0.3, 0.4) is 0 Å². The van der Waals surface area contributed by atoms with Crippen LogP contribution in [0.5, 0.6) is 5.75 Å². The molecule has 11 heteroatoms. The zero-order chi connectivity index (χ0) is 24.1. The Balaban J connectivity index is 1.70. The number of H-pyrrole nitrogens is 1. The molecule has 1 amide bonds. The molecule has 0 unspecified atom stereocenters. The molecule has 0 saturated carbocycles. The van der Waals surface area contributed by atoms with Crippen LogP contribution in [0.1, 0.15) is 24.1 Å². The first-order valence-electron chi connectivity index (χ1n) is 11.1. The lowest BCUT2D eigenvalue weighted by Crippen LogP contribution is -2.26. The second-order valence-corrected chi connectivity index (χ2v) is 7.96. The van der Waals surface area contributed by atoms with Crippen LogP contribution in [0.15, 0.2) is 23.3 Å². The summed E-state index contributed by atoms with van der Waals surface area (Å²) >= 11 is 0. The van der Waals surface area contributed by atoms with E-state index in [2.05, 4.69) is 40.4 Å². The number of aryl methyl sites for hydroxylation is 1. The minimum absolute atomic E-state index is 0.147. The summed E-state index contributed by atoms with van der Waals surface area (Å²) in [6, 6.07) is 5.51. The highest BCUT2D eigenvalue weighted by molar-refractivity contribution is 6.05. The summed E-state index contributed by atoms with van der Waals surface area (Å²) in [6.07, 6.45) is 3.16. The Morgan fingerprint density at radius 3 is 2.82 bits per heavy atom. The van der Waals surface area contributed by atoms with Crippen LogP contribution in [0, 0.1) is 12.7 Å². The minimum atomic E-state index is -0.700. The molecule has 3 heterocycles. The smallest absolute Gasteiger partial charge is 0.427 e. The standard InChI is InChI=1S/C23H28FN7O3/c1-14-19(24)21(25-8-11-31-9-4-5-10-31)29-22(27-14)20-17(13-26-30-23(32)34-3)16-12-15(33-2)6-7-18(16)28-20/h6-7,12-13,28H,4-5,8-11H2,1-3H3,(H,30,32)(H,25,27,29)/b26-13+. The predicted molar refractivity (Wildman–Crippen MR) is 128 cm³/mol. The molecule has 10 nitrogen and oxygen atoms in total. The number of likely N-dealkylation sites (tertiary alicyclic amines) is 1. The van der Waals surface area contributed by atoms with Crippen LogP contribution in [-0.2, 0) is 4.74 Å². The Morgan fingerprint density at radius 2 is 2.09 bits per heavy atom. The fourth-order valence-corrected chi connectivity index (χ4v) is 3.95. The average Bonchev–Trinajstić information content (AvgIpc) is 3.49. The number of halogens is 1. The van der Waals surface area contributed by atoms with Crippen LogP contribution < -0.4 is 15.5 Å². The lowest BCUT2D eigenvalue weighted by Gasteiger charge is -2.16. The van der Waals surface area contributed by atoms with E-state index in [-0.39, 0.29) is 11.5 Å². The molecule has 34 heavy (non-hydrogen) atoms. The Bertz CT molecular complexity index is 1200. The maximum Gasteiger partial charge on any atom is 0.427 e. The second kappa shape index (κ2) is 10.5. The number of benzene rings is 1. The molecule has 2 aromatic heterocycles. The Labute approximate surface area is 196 Å². The number of amides is 1. The molecule has 4 rings (SSSR count). The second-order valence-electron chi connectivity index (χ2n) is 7.96. The van der Waals surface area contributed by atoms with Crippen LogP contribution in [-0.4, -0.2) is 72.6 Å². The molecule has 0 atom stereocenters. The topological polar surface area (TPSA) is 117 Å². The highest BCUT2D eigenvalue weighted by Crippen LogP contribution is 2.31. The van der Waals surface area contributed by atoms with Crippen LogP contribution in [0.2, 0.25) is 0 Å². The van der Waals surface area contributed by atoms with Crippen molar-refractivity contribution in [3.05, 3.63) is 35.3 Å². The van der Waals surface area contributed by atoms with Gasteiger partial charge in [0.25, 0.3) is 0 Å². The monoisotopic (exact) mass is 469 g/mol. The van der Waals surface area contributed by atoms with Crippen molar-refractivity contribution in [2.24, 2.45) is 5.10 Å². The largest absolute Gasteiger partial charge is 0.497 e. The summed E-state index contributed by atoms with van der Waals surface area (Å²) in [5.74, 6) is 0.616. The summed E-state index contributed by atoms with van der Waals surface area (Å²) < 4.78 is 24.7. The van der Waals surface area contributed by atoms with Gasteiger partial charge in [0.15, 0.2) is 17.5 Å². The maximum atomic E-state index is 14.8. The number of rotatable bonds is 8. The van der Waals surface area contributed by atoms with Crippen molar-refractivity contribution in [3.8, 4) is 17.3 Å². The SMILES string of the molecule is COC(=O)N/N=C/c1c(-c2nc(C)c(F)c(NCCN3CCCC3)n2)[nH]c2ccc(OC)cc12. The summed E-state index contributed by atoms with van der Waals surface area (Å²) in [6.45, 7) is 5.14. The van der Waals surface area contributed by atoms with Gasteiger partial charge < -0.3 is 24.7 Å². The van der Waals surface area contributed by atoms with Crippen molar-refractivity contribution in [3.63, 3.8) is 0 Å². The van der Waals surface area contributed by atoms with Gasteiger partial charge >= 0.3 is 6.09 Å². The fraction of sp³-hybridized carbons (Fsp3) is 0.391. The molecule has 0 radical (unpaired) electrons. The first-order valence-corrected chi connectivity index (χ1v) is 11.1. The van der Waals surface area contributed by atoms with E-state index in [0.717, 1.165) is 30.5 Å². The number of fused-ring (bicyclic) bond motifs is 1. The number of hydrogen-bond acceptors (Lipinski definition) is 8. The highest BCUT2D eigenvalue weighted by Gasteiger charge is 2.19. The van der Waals surface area contributed by atoms with Crippen molar-refractivity contribution in [2.45, 2.75) is 19.8 Å². The zero-order valence-electron chi connectivity index (χ0n) is 19.4. The zero-order valence-corrected chi connectivity index (χ0v) is 19.4. The van der Waals surface area contributed by atoms with Crippen molar-refractivity contribution in [1.29, 1.82) is 0 Å². The van der Waals surface area contributed by atoms with Crippen LogP contribution >= 0.6 is 0 Å². The number of aromatic amines is 1. The molecular formula is C23H28FN7O3. The van der Waals surface area contributed by atoms with E-state index in [1.807, 2.05) is 18.2 Å². The number of nitrogens with one attached hydrogen (secondary N) is 3. The number of nitrogens with zero attached hydrogens (tertiary/aromatic N) is 4. The molecule has 3 N–H and O–H groups in total. The molecule has 1 aromatic carbocycles. The normalized spacial score (nSPS) is 14.1. The lowest BCUT2D eigenvalue weighted by atomic mass is 10.1. The molecule has 0 aliphatic carbocycles. The number of carbonyl (C=O) groups excluding carboxylic acids is 1. The van der Waals surface area contributed by atoms with Gasteiger partial charge in [0.05, 0.1) is 31.8 Å². The quantitative estimate of drug-likeness (QED) is 0.342. The predicted octanol–water partition coefficient (Wildman–Crippen LogP) is 3.28. The molecule has 0 bridgehead atoms. The summed E-state index contributed by atoms with van der Waals surface area (Å²) in [4.78, 5) is 25.9. The van der Waals surface area contributed by atoms with Gasteiger partial charge in [-0.05, 0) is 51.1 Å². The van der Waals surface area contributed by atoms with Gasteiger partial charge in [-0.15, -0.1) is 0 Å². The highest BCUT2D eigenvalue weighted by atomic mass is 19.1. The number of anilines is 1. The third kappa shape index (κ3) is 5.09. The van der Waals surface area contributed by atoms with E-state index in [0.29, 0.717) is 29.4 Å². The molecule has 0 spiro atoms. The van der Waals surface area contributed by atoms with E-state index in [1.54, 1.807) is 14.0 Å².